The standard InChI is InChI=1S/C7H10N2OS/c8-3-1-2-6(10)7-4-9-5-11-7/h4-5H,1-3,8H2. The van der Waals surface area contributed by atoms with Crippen LogP contribution in [0.3, 0.4) is 0 Å². The fourth-order valence-corrected chi connectivity index (χ4v) is 1.33. The molecule has 0 bridgehead atoms. The minimum absolute atomic E-state index is 0.151. The van der Waals surface area contributed by atoms with Crippen LogP contribution < -0.4 is 5.73 Å². The second-order valence-corrected chi connectivity index (χ2v) is 3.07. The minimum Gasteiger partial charge on any atom is -0.330 e. The Hall–Kier alpha value is -0.740. The maximum absolute atomic E-state index is 11.2. The topological polar surface area (TPSA) is 56.0 Å². The molecule has 1 rings (SSSR count). The molecule has 1 aromatic rings. The maximum atomic E-state index is 11.2. The van der Waals surface area contributed by atoms with Crippen LogP contribution in [0.2, 0.25) is 0 Å². The molecule has 0 fully saturated rings. The number of thiazole rings is 1. The average Bonchev–Trinajstić information content (AvgIpc) is 2.52. The largest absolute Gasteiger partial charge is 0.330 e. The van der Waals surface area contributed by atoms with E-state index in [0.717, 1.165) is 11.3 Å². The Morgan fingerprint density at radius 1 is 1.73 bits per heavy atom. The van der Waals surface area contributed by atoms with Gasteiger partial charge in [-0.1, -0.05) is 0 Å². The fourth-order valence-electron chi connectivity index (χ4n) is 0.739. The summed E-state index contributed by atoms with van der Waals surface area (Å²) in [5, 5.41) is 0. The van der Waals surface area contributed by atoms with Gasteiger partial charge in [0.15, 0.2) is 5.78 Å². The highest BCUT2D eigenvalue weighted by atomic mass is 32.1. The van der Waals surface area contributed by atoms with Crippen LogP contribution in [0.4, 0.5) is 0 Å². The third kappa shape index (κ3) is 2.40. The Morgan fingerprint density at radius 3 is 3.09 bits per heavy atom. The van der Waals surface area contributed by atoms with Crippen LogP contribution in [0, 0.1) is 0 Å². The second kappa shape index (κ2) is 4.20. The summed E-state index contributed by atoms with van der Waals surface area (Å²) in [4.78, 5) is 15.7. The van der Waals surface area contributed by atoms with Gasteiger partial charge in [0, 0.05) is 12.6 Å². The smallest absolute Gasteiger partial charge is 0.174 e. The number of Topliss-reactive ketones (excluding diaryl/α,β-unsaturated/α-hetero) is 1. The van der Waals surface area contributed by atoms with Gasteiger partial charge in [-0.25, -0.2) is 0 Å². The molecule has 0 aliphatic rings. The molecular formula is C7H10N2OS. The molecule has 0 unspecified atom stereocenters. The molecule has 0 saturated carbocycles. The number of hydrogen-bond donors (Lipinski definition) is 1. The van der Waals surface area contributed by atoms with Gasteiger partial charge in [0.2, 0.25) is 0 Å². The van der Waals surface area contributed by atoms with Gasteiger partial charge in [-0.05, 0) is 13.0 Å². The molecule has 60 valence electrons. The van der Waals surface area contributed by atoms with E-state index < -0.39 is 0 Å². The van der Waals surface area contributed by atoms with Crippen molar-refractivity contribution in [2.75, 3.05) is 6.54 Å². The molecule has 0 atom stereocenters. The van der Waals surface area contributed by atoms with Gasteiger partial charge in [-0.15, -0.1) is 11.3 Å². The molecule has 1 aromatic heterocycles. The summed E-state index contributed by atoms with van der Waals surface area (Å²) in [5.74, 6) is 0.151. The molecule has 0 spiro atoms. The lowest BCUT2D eigenvalue weighted by Gasteiger charge is -1.92. The molecule has 11 heavy (non-hydrogen) atoms. The Balaban J connectivity index is 2.43. The quantitative estimate of drug-likeness (QED) is 0.687. The Bertz CT molecular complexity index is 220. The van der Waals surface area contributed by atoms with Crippen molar-refractivity contribution in [1.29, 1.82) is 0 Å². The molecule has 0 aromatic carbocycles. The normalized spacial score (nSPS) is 9.91. The van der Waals surface area contributed by atoms with Crippen LogP contribution in [0.5, 0.6) is 0 Å². The number of carbonyl (C=O) groups excluding carboxylic acids is 1. The predicted molar refractivity (Wildman–Crippen MR) is 44.7 cm³/mol. The van der Waals surface area contributed by atoms with Crippen LogP contribution in [0.15, 0.2) is 11.7 Å². The summed E-state index contributed by atoms with van der Waals surface area (Å²) in [6, 6.07) is 0. The van der Waals surface area contributed by atoms with Crippen molar-refractivity contribution in [2.24, 2.45) is 5.73 Å². The van der Waals surface area contributed by atoms with E-state index >= 15 is 0 Å². The van der Waals surface area contributed by atoms with Gasteiger partial charge in [0.1, 0.15) is 0 Å². The lowest BCUT2D eigenvalue weighted by Crippen LogP contribution is -2.03. The molecule has 3 nitrogen and oxygen atoms in total. The Kier molecular flexibility index (Phi) is 3.19. The van der Waals surface area contributed by atoms with E-state index in [2.05, 4.69) is 4.98 Å². The second-order valence-electron chi connectivity index (χ2n) is 2.18. The predicted octanol–water partition coefficient (Wildman–Crippen LogP) is 1.06. The van der Waals surface area contributed by atoms with Crippen LogP contribution in [0.1, 0.15) is 22.5 Å². The fraction of sp³-hybridized carbons (Fsp3) is 0.429. The molecule has 0 aliphatic carbocycles. The lowest BCUT2D eigenvalue weighted by atomic mass is 10.2. The van der Waals surface area contributed by atoms with Gasteiger partial charge in [-0.2, -0.15) is 0 Å². The summed E-state index contributed by atoms with van der Waals surface area (Å²) in [7, 11) is 0. The monoisotopic (exact) mass is 170 g/mol. The summed E-state index contributed by atoms with van der Waals surface area (Å²) in [5.41, 5.74) is 6.93. The van der Waals surface area contributed by atoms with E-state index in [0.29, 0.717) is 13.0 Å². The zero-order valence-electron chi connectivity index (χ0n) is 6.12. The molecule has 0 amide bonds. The van der Waals surface area contributed by atoms with Crippen LogP contribution in [-0.4, -0.2) is 17.3 Å². The first-order valence-electron chi connectivity index (χ1n) is 3.46. The van der Waals surface area contributed by atoms with Crippen molar-refractivity contribution in [2.45, 2.75) is 12.8 Å². The molecule has 1 heterocycles. The van der Waals surface area contributed by atoms with Crippen molar-refractivity contribution in [1.82, 2.24) is 4.98 Å². The number of nitrogens with zero attached hydrogens (tertiary/aromatic N) is 1. The van der Waals surface area contributed by atoms with E-state index in [1.54, 1.807) is 11.7 Å². The number of ketones is 1. The Morgan fingerprint density at radius 2 is 2.55 bits per heavy atom. The first kappa shape index (κ1) is 8.36. The molecule has 0 saturated heterocycles. The van der Waals surface area contributed by atoms with Gasteiger partial charge in [-0.3, -0.25) is 9.78 Å². The summed E-state index contributed by atoms with van der Waals surface area (Å²) in [6.07, 6.45) is 2.90. The number of aromatic nitrogens is 1. The first-order valence-corrected chi connectivity index (χ1v) is 4.34. The van der Waals surface area contributed by atoms with Crippen molar-refractivity contribution in [3.05, 3.63) is 16.6 Å². The SMILES string of the molecule is NCCCC(=O)c1cncs1. The molecule has 2 N–H and O–H groups in total. The van der Waals surface area contributed by atoms with Crippen LogP contribution >= 0.6 is 11.3 Å². The van der Waals surface area contributed by atoms with E-state index in [4.69, 9.17) is 5.73 Å². The summed E-state index contributed by atoms with van der Waals surface area (Å²) in [6.45, 7) is 0.574. The van der Waals surface area contributed by atoms with Crippen molar-refractivity contribution in [3.8, 4) is 0 Å². The van der Waals surface area contributed by atoms with Gasteiger partial charge in [0.25, 0.3) is 0 Å². The molecular weight excluding hydrogens is 160 g/mol. The van der Waals surface area contributed by atoms with Crippen molar-refractivity contribution in [3.63, 3.8) is 0 Å². The highest BCUT2D eigenvalue weighted by Gasteiger charge is 2.05. The van der Waals surface area contributed by atoms with Gasteiger partial charge in [0.05, 0.1) is 10.4 Å². The van der Waals surface area contributed by atoms with Crippen molar-refractivity contribution < 1.29 is 4.79 Å². The van der Waals surface area contributed by atoms with E-state index in [-0.39, 0.29) is 5.78 Å². The number of rotatable bonds is 4. The van der Waals surface area contributed by atoms with Gasteiger partial charge < -0.3 is 5.73 Å². The third-order valence-corrected chi connectivity index (χ3v) is 2.13. The third-order valence-electron chi connectivity index (χ3n) is 1.32. The minimum atomic E-state index is 0.151. The maximum Gasteiger partial charge on any atom is 0.174 e. The molecule has 4 heteroatoms. The van der Waals surface area contributed by atoms with Crippen LogP contribution in [-0.2, 0) is 0 Å². The summed E-state index contributed by atoms with van der Waals surface area (Å²) < 4.78 is 0. The van der Waals surface area contributed by atoms with E-state index in [9.17, 15) is 4.79 Å². The average molecular weight is 170 g/mol. The highest BCUT2D eigenvalue weighted by Crippen LogP contribution is 2.09. The molecule has 0 radical (unpaired) electrons. The van der Waals surface area contributed by atoms with Gasteiger partial charge >= 0.3 is 0 Å². The number of carbonyl (C=O) groups is 1. The number of nitrogens with two attached hydrogens (primary N) is 1. The molecule has 0 aliphatic heterocycles. The van der Waals surface area contributed by atoms with E-state index in [1.165, 1.54) is 11.3 Å². The van der Waals surface area contributed by atoms with Crippen molar-refractivity contribution >= 4 is 17.1 Å². The Labute approximate surface area is 69.3 Å². The van der Waals surface area contributed by atoms with Crippen LogP contribution in [0.25, 0.3) is 0 Å². The first-order chi connectivity index (χ1) is 5.34. The zero-order valence-corrected chi connectivity index (χ0v) is 6.93. The van der Waals surface area contributed by atoms with E-state index in [1.807, 2.05) is 0 Å². The highest BCUT2D eigenvalue weighted by molar-refractivity contribution is 7.11. The zero-order chi connectivity index (χ0) is 8.10. The number of hydrogen-bond acceptors (Lipinski definition) is 4. The lowest BCUT2D eigenvalue weighted by molar-refractivity contribution is 0.0984. The summed E-state index contributed by atoms with van der Waals surface area (Å²) >= 11 is 1.38.